The summed E-state index contributed by atoms with van der Waals surface area (Å²) in [7, 11) is 0. The van der Waals surface area contributed by atoms with Gasteiger partial charge in [-0.1, -0.05) is 6.42 Å². The van der Waals surface area contributed by atoms with E-state index in [1.807, 2.05) is 19.2 Å². The third-order valence-corrected chi connectivity index (χ3v) is 4.38. The molecule has 0 spiro atoms. The Hall–Kier alpha value is -2.63. The van der Waals surface area contributed by atoms with Crippen LogP contribution in [0.4, 0.5) is 21.7 Å². The number of fused-ring (bicyclic) bond motifs is 1. The molecule has 0 atom stereocenters. The van der Waals surface area contributed by atoms with Crippen molar-refractivity contribution in [2.45, 2.75) is 32.1 Å². The van der Waals surface area contributed by atoms with Gasteiger partial charge in [-0.2, -0.15) is 9.61 Å². The van der Waals surface area contributed by atoms with Crippen molar-refractivity contribution in [2.24, 2.45) is 0 Å². The van der Waals surface area contributed by atoms with Crippen LogP contribution in [-0.2, 0) is 0 Å². The van der Waals surface area contributed by atoms with Gasteiger partial charge in [0.05, 0.1) is 6.20 Å². The minimum Gasteiger partial charge on any atom is -0.384 e. The summed E-state index contributed by atoms with van der Waals surface area (Å²) in [4.78, 5) is 4.44. The molecule has 1 aliphatic rings. The van der Waals surface area contributed by atoms with Crippen LogP contribution in [0.25, 0.3) is 5.65 Å². The van der Waals surface area contributed by atoms with E-state index < -0.39 is 0 Å². The Kier molecular flexibility index (Phi) is 3.18. The zero-order chi connectivity index (χ0) is 16.0. The van der Waals surface area contributed by atoms with E-state index in [0.717, 1.165) is 16.8 Å². The molecular formula is C17H18FN5. The lowest BCUT2D eigenvalue weighted by Gasteiger charge is -2.24. The standard InChI is InChI=1S/C17H18FN5/c1-10-5-12(18)7-13(6-10)21-16-8-15(19)22-17-14(9-20-23(16)17)11-3-2-4-11/h5-9,11,21H,2-4H2,1H3,(H2,19,22). The quantitative estimate of drug-likeness (QED) is 0.772. The van der Waals surface area contributed by atoms with Crippen LogP contribution in [0.1, 0.15) is 36.3 Å². The topological polar surface area (TPSA) is 68.2 Å². The monoisotopic (exact) mass is 311 g/mol. The fourth-order valence-corrected chi connectivity index (χ4v) is 3.05. The summed E-state index contributed by atoms with van der Waals surface area (Å²) in [6.45, 7) is 1.85. The molecule has 0 unspecified atom stereocenters. The third kappa shape index (κ3) is 2.50. The predicted molar refractivity (Wildman–Crippen MR) is 88.4 cm³/mol. The lowest BCUT2D eigenvalue weighted by Crippen LogP contribution is -2.10. The molecule has 1 aromatic carbocycles. The van der Waals surface area contributed by atoms with Crippen molar-refractivity contribution in [3.63, 3.8) is 0 Å². The van der Waals surface area contributed by atoms with Crippen LogP contribution in [-0.4, -0.2) is 14.6 Å². The first-order chi connectivity index (χ1) is 11.1. The van der Waals surface area contributed by atoms with Gasteiger partial charge in [-0.15, -0.1) is 0 Å². The summed E-state index contributed by atoms with van der Waals surface area (Å²) in [5.41, 5.74) is 9.39. The number of anilines is 3. The van der Waals surface area contributed by atoms with E-state index in [1.165, 1.54) is 31.4 Å². The molecule has 0 radical (unpaired) electrons. The SMILES string of the molecule is Cc1cc(F)cc(Nc2cc(N)nc3c(C4CCC4)cnn23)c1. The van der Waals surface area contributed by atoms with Gasteiger partial charge in [-0.05, 0) is 49.4 Å². The summed E-state index contributed by atoms with van der Waals surface area (Å²) in [6, 6.07) is 6.53. The molecule has 4 rings (SSSR count). The Morgan fingerprint density at radius 2 is 2.09 bits per heavy atom. The highest BCUT2D eigenvalue weighted by Crippen LogP contribution is 2.38. The second-order valence-corrected chi connectivity index (χ2v) is 6.17. The number of nitrogen functional groups attached to an aromatic ring is 1. The van der Waals surface area contributed by atoms with Gasteiger partial charge in [-0.3, -0.25) is 0 Å². The molecule has 5 nitrogen and oxygen atoms in total. The molecule has 1 aliphatic carbocycles. The Morgan fingerprint density at radius 1 is 1.26 bits per heavy atom. The Morgan fingerprint density at radius 3 is 2.78 bits per heavy atom. The van der Waals surface area contributed by atoms with Crippen molar-refractivity contribution in [2.75, 3.05) is 11.1 Å². The van der Waals surface area contributed by atoms with Crippen molar-refractivity contribution < 1.29 is 4.39 Å². The normalized spacial score (nSPS) is 14.9. The average molecular weight is 311 g/mol. The molecule has 3 N–H and O–H groups in total. The van der Waals surface area contributed by atoms with Gasteiger partial charge in [-0.25, -0.2) is 9.37 Å². The minimum absolute atomic E-state index is 0.276. The summed E-state index contributed by atoms with van der Waals surface area (Å²) in [5.74, 6) is 1.35. The highest BCUT2D eigenvalue weighted by molar-refractivity contribution is 5.65. The first kappa shape index (κ1) is 14.0. The van der Waals surface area contributed by atoms with Gasteiger partial charge < -0.3 is 11.1 Å². The van der Waals surface area contributed by atoms with Gasteiger partial charge in [0.1, 0.15) is 17.5 Å². The second kappa shape index (κ2) is 5.22. The molecule has 2 aromatic heterocycles. The third-order valence-electron chi connectivity index (χ3n) is 4.38. The number of nitrogens with zero attached hydrogens (tertiary/aromatic N) is 3. The Labute approximate surface area is 133 Å². The fourth-order valence-electron chi connectivity index (χ4n) is 3.05. The molecule has 118 valence electrons. The summed E-state index contributed by atoms with van der Waals surface area (Å²) >= 11 is 0. The van der Waals surface area contributed by atoms with Gasteiger partial charge in [0, 0.05) is 17.3 Å². The number of aryl methyl sites for hydroxylation is 1. The molecule has 0 bridgehead atoms. The zero-order valence-corrected chi connectivity index (χ0v) is 12.9. The molecule has 1 fully saturated rings. The molecular weight excluding hydrogens is 293 g/mol. The van der Waals surface area contributed by atoms with Gasteiger partial charge in [0.2, 0.25) is 0 Å². The van der Waals surface area contributed by atoms with E-state index in [0.29, 0.717) is 23.2 Å². The van der Waals surface area contributed by atoms with E-state index >= 15 is 0 Å². The van der Waals surface area contributed by atoms with Crippen LogP contribution < -0.4 is 11.1 Å². The second-order valence-electron chi connectivity index (χ2n) is 6.17. The number of rotatable bonds is 3. The van der Waals surface area contributed by atoms with Crippen LogP contribution in [0.3, 0.4) is 0 Å². The van der Waals surface area contributed by atoms with Gasteiger partial charge >= 0.3 is 0 Å². The lowest BCUT2D eigenvalue weighted by molar-refractivity contribution is 0.421. The van der Waals surface area contributed by atoms with Gasteiger partial charge in [0.25, 0.3) is 0 Å². The maximum atomic E-state index is 13.6. The van der Waals surface area contributed by atoms with Crippen LogP contribution in [0.15, 0.2) is 30.5 Å². The van der Waals surface area contributed by atoms with Gasteiger partial charge in [0.15, 0.2) is 5.65 Å². The molecule has 6 heteroatoms. The summed E-state index contributed by atoms with van der Waals surface area (Å²) < 4.78 is 15.3. The van der Waals surface area contributed by atoms with E-state index in [9.17, 15) is 4.39 Å². The van der Waals surface area contributed by atoms with Crippen LogP contribution in [0.5, 0.6) is 0 Å². The lowest BCUT2D eigenvalue weighted by atomic mass is 9.81. The van der Waals surface area contributed by atoms with E-state index in [4.69, 9.17) is 5.73 Å². The predicted octanol–water partition coefficient (Wildman–Crippen LogP) is 3.77. The van der Waals surface area contributed by atoms with E-state index in [1.54, 1.807) is 10.6 Å². The Bertz CT molecular complexity index is 862. The summed E-state index contributed by atoms with van der Waals surface area (Å²) in [5, 5.41) is 7.64. The molecule has 1 saturated carbocycles. The van der Waals surface area contributed by atoms with Crippen molar-refractivity contribution in [3.8, 4) is 0 Å². The number of nitrogens with one attached hydrogen (secondary N) is 1. The van der Waals surface area contributed by atoms with Crippen LogP contribution in [0.2, 0.25) is 0 Å². The number of aromatic nitrogens is 3. The average Bonchev–Trinajstić information content (AvgIpc) is 2.79. The molecule has 23 heavy (non-hydrogen) atoms. The fraction of sp³-hybridized carbons (Fsp3) is 0.294. The van der Waals surface area contributed by atoms with Crippen molar-refractivity contribution in [1.82, 2.24) is 14.6 Å². The highest BCUT2D eigenvalue weighted by atomic mass is 19.1. The van der Waals surface area contributed by atoms with Crippen LogP contribution >= 0.6 is 0 Å². The molecule has 0 amide bonds. The zero-order valence-electron chi connectivity index (χ0n) is 12.9. The number of benzene rings is 1. The smallest absolute Gasteiger partial charge is 0.163 e. The van der Waals surface area contributed by atoms with Crippen molar-refractivity contribution in [3.05, 3.63) is 47.4 Å². The minimum atomic E-state index is -0.276. The van der Waals surface area contributed by atoms with Crippen LogP contribution in [0, 0.1) is 12.7 Å². The first-order valence-corrected chi connectivity index (χ1v) is 7.78. The van der Waals surface area contributed by atoms with Crippen molar-refractivity contribution in [1.29, 1.82) is 0 Å². The maximum Gasteiger partial charge on any atom is 0.163 e. The first-order valence-electron chi connectivity index (χ1n) is 7.78. The highest BCUT2D eigenvalue weighted by Gasteiger charge is 2.24. The number of halogens is 1. The van der Waals surface area contributed by atoms with E-state index in [-0.39, 0.29) is 5.82 Å². The maximum absolute atomic E-state index is 13.6. The summed E-state index contributed by atoms with van der Waals surface area (Å²) in [6.07, 6.45) is 5.46. The number of hydrogen-bond donors (Lipinski definition) is 2. The molecule has 0 aliphatic heterocycles. The number of hydrogen-bond acceptors (Lipinski definition) is 4. The largest absolute Gasteiger partial charge is 0.384 e. The molecule has 3 aromatic rings. The van der Waals surface area contributed by atoms with Crippen molar-refractivity contribution >= 4 is 23.0 Å². The number of nitrogens with two attached hydrogens (primary N) is 1. The molecule has 0 saturated heterocycles. The Balaban J connectivity index is 1.78. The molecule has 2 heterocycles. The van der Waals surface area contributed by atoms with E-state index in [2.05, 4.69) is 15.4 Å².